The summed E-state index contributed by atoms with van der Waals surface area (Å²) in [5.41, 5.74) is 0. The molecule has 0 spiro atoms. The van der Waals surface area contributed by atoms with E-state index in [1.54, 1.807) is 0 Å². The molecule has 6 nitrogen and oxygen atoms in total. The second-order valence-corrected chi connectivity index (χ2v) is 3.53. The summed E-state index contributed by atoms with van der Waals surface area (Å²) in [4.78, 5) is 27.2. The van der Waals surface area contributed by atoms with Crippen LogP contribution in [0.3, 0.4) is 0 Å². The second-order valence-electron chi connectivity index (χ2n) is 2.29. The normalized spacial score (nSPS) is 11.3. The minimum absolute atomic E-state index is 0.135. The van der Waals surface area contributed by atoms with Crippen molar-refractivity contribution in [3.8, 4) is 0 Å². The molecule has 0 aliphatic heterocycles. The lowest BCUT2D eigenvalue weighted by molar-refractivity contribution is -0.144. The standard InChI is InChI=1S/C6H13O6P/c1-2-3-6(7)11-4-5-12-13(8,9)10/h2-5H2,1H3,(H2,8,9,10). The van der Waals surface area contributed by atoms with E-state index in [2.05, 4.69) is 9.26 Å². The molecule has 0 atom stereocenters. The molecule has 0 fully saturated rings. The minimum Gasteiger partial charge on any atom is -0.463 e. The molecular formula is C6H13O6P. The number of esters is 1. The maximum Gasteiger partial charge on any atom is 0.469 e. The number of rotatable bonds is 6. The van der Waals surface area contributed by atoms with E-state index in [-0.39, 0.29) is 13.2 Å². The lowest BCUT2D eigenvalue weighted by atomic mass is 10.3. The summed E-state index contributed by atoms with van der Waals surface area (Å²) < 4.78 is 18.8. The number of phosphoric acid groups is 1. The first-order chi connectivity index (χ1) is 5.95. The lowest BCUT2D eigenvalue weighted by Gasteiger charge is -2.05. The lowest BCUT2D eigenvalue weighted by Crippen LogP contribution is -2.09. The molecule has 78 valence electrons. The van der Waals surface area contributed by atoms with Crippen LogP contribution in [0.15, 0.2) is 0 Å². The van der Waals surface area contributed by atoms with Gasteiger partial charge in [0, 0.05) is 6.42 Å². The summed E-state index contributed by atoms with van der Waals surface area (Å²) in [6.07, 6.45) is 0.980. The number of hydrogen-bond acceptors (Lipinski definition) is 4. The van der Waals surface area contributed by atoms with Crippen LogP contribution in [0.25, 0.3) is 0 Å². The van der Waals surface area contributed by atoms with Crippen LogP contribution in [0.1, 0.15) is 19.8 Å². The van der Waals surface area contributed by atoms with Gasteiger partial charge in [-0.1, -0.05) is 6.92 Å². The minimum atomic E-state index is -4.43. The summed E-state index contributed by atoms with van der Waals surface area (Å²) >= 11 is 0. The van der Waals surface area contributed by atoms with Crippen molar-refractivity contribution < 1.29 is 28.4 Å². The maximum absolute atomic E-state index is 10.7. The SMILES string of the molecule is CCCC(=O)OCCOP(=O)(O)O. The zero-order chi connectivity index (χ0) is 10.3. The fourth-order valence-corrected chi connectivity index (χ4v) is 0.900. The highest BCUT2D eigenvalue weighted by Gasteiger charge is 2.13. The molecule has 0 unspecified atom stereocenters. The average molecular weight is 212 g/mol. The Labute approximate surface area is 76.1 Å². The number of hydrogen-bond donors (Lipinski definition) is 2. The summed E-state index contributed by atoms with van der Waals surface area (Å²) in [7, 11) is -4.43. The zero-order valence-corrected chi connectivity index (χ0v) is 8.20. The number of ether oxygens (including phenoxy) is 1. The number of carbonyl (C=O) groups is 1. The Morgan fingerprint density at radius 3 is 2.46 bits per heavy atom. The molecule has 13 heavy (non-hydrogen) atoms. The third-order valence-electron chi connectivity index (χ3n) is 1.06. The quantitative estimate of drug-likeness (QED) is 0.377. The Hall–Kier alpha value is -0.420. The Balaban J connectivity index is 3.36. The van der Waals surface area contributed by atoms with E-state index in [4.69, 9.17) is 9.79 Å². The van der Waals surface area contributed by atoms with Crippen LogP contribution in [0.2, 0.25) is 0 Å². The molecule has 2 N–H and O–H groups in total. The molecule has 0 rings (SSSR count). The zero-order valence-electron chi connectivity index (χ0n) is 7.30. The van der Waals surface area contributed by atoms with Gasteiger partial charge in [-0.2, -0.15) is 0 Å². The van der Waals surface area contributed by atoms with Gasteiger partial charge in [0.15, 0.2) is 0 Å². The van der Waals surface area contributed by atoms with Crippen molar-refractivity contribution in [2.75, 3.05) is 13.2 Å². The van der Waals surface area contributed by atoms with Crippen LogP contribution >= 0.6 is 7.82 Å². The number of phosphoric ester groups is 1. The van der Waals surface area contributed by atoms with Gasteiger partial charge in [0.1, 0.15) is 6.61 Å². The first-order valence-corrected chi connectivity index (χ1v) is 5.34. The van der Waals surface area contributed by atoms with Crippen molar-refractivity contribution in [1.29, 1.82) is 0 Å². The predicted molar refractivity (Wildman–Crippen MR) is 43.9 cm³/mol. The van der Waals surface area contributed by atoms with E-state index in [9.17, 15) is 9.36 Å². The Bertz CT molecular complexity index is 197. The topological polar surface area (TPSA) is 93.1 Å². The van der Waals surface area contributed by atoms with Crippen LogP contribution in [0, 0.1) is 0 Å². The van der Waals surface area contributed by atoms with Crippen LogP contribution in [0.5, 0.6) is 0 Å². The van der Waals surface area contributed by atoms with Gasteiger partial charge in [-0.05, 0) is 6.42 Å². The molecule has 0 aromatic heterocycles. The van der Waals surface area contributed by atoms with Crippen molar-refractivity contribution in [2.24, 2.45) is 0 Å². The Kier molecular flexibility index (Phi) is 5.90. The highest BCUT2D eigenvalue weighted by molar-refractivity contribution is 7.46. The molecule has 0 radical (unpaired) electrons. The molecule has 0 aromatic carbocycles. The first-order valence-electron chi connectivity index (χ1n) is 3.81. The third kappa shape index (κ3) is 9.49. The van der Waals surface area contributed by atoms with Crippen LogP contribution in [0.4, 0.5) is 0 Å². The summed E-state index contributed by atoms with van der Waals surface area (Å²) in [5, 5.41) is 0. The molecule has 0 aliphatic carbocycles. The molecule has 0 heterocycles. The van der Waals surface area contributed by atoms with E-state index in [0.29, 0.717) is 12.8 Å². The molecule has 0 amide bonds. The van der Waals surface area contributed by atoms with Crippen molar-refractivity contribution in [3.05, 3.63) is 0 Å². The van der Waals surface area contributed by atoms with Crippen molar-refractivity contribution in [1.82, 2.24) is 0 Å². The van der Waals surface area contributed by atoms with Crippen LogP contribution < -0.4 is 0 Å². The van der Waals surface area contributed by atoms with E-state index in [0.717, 1.165) is 0 Å². The van der Waals surface area contributed by atoms with Gasteiger partial charge in [0.25, 0.3) is 0 Å². The van der Waals surface area contributed by atoms with E-state index in [1.807, 2.05) is 6.92 Å². The Morgan fingerprint density at radius 1 is 1.38 bits per heavy atom. The molecule has 0 aromatic rings. The monoisotopic (exact) mass is 212 g/mol. The summed E-state index contributed by atoms with van der Waals surface area (Å²) in [6.45, 7) is 1.40. The third-order valence-corrected chi connectivity index (χ3v) is 1.58. The fraction of sp³-hybridized carbons (Fsp3) is 0.833. The number of carbonyl (C=O) groups excluding carboxylic acids is 1. The van der Waals surface area contributed by atoms with Gasteiger partial charge in [-0.25, -0.2) is 4.57 Å². The average Bonchev–Trinajstić information content (AvgIpc) is 1.97. The van der Waals surface area contributed by atoms with Crippen molar-refractivity contribution in [2.45, 2.75) is 19.8 Å². The molecule has 7 heteroatoms. The Morgan fingerprint density at radius 2 is 2.00 bits per heavy atom. The van der Waals surface area contributed by atoms with Gasteiger partial charge in [0.2, 0.25) is 0 Å². The first kappa shape index (κ1) is 12.6. The van der Waals surface area contributed by atoms with E-state index < -0.39 is 13.8 Å². The predicted octanol–water partition coefficient (Wildman–Crippen LogP) is 0.439. The summed E-state index contributed by atoms with van der Waals surface area (Å²) in [5.74, 6) is -0.392. The van der Waals surface area contributed by atoms with Gasteiger partial charge >= 0.3 is 13.8 Å². The van der Waals surface area contributed by atoms with Crippen LogP contribution in [-0.2, 0) is 18.6 Å². The second kappa shape index (κ2) is 6.10. The van der Waals surface area contributed by atoms with E-state index in [1.165, 1.54) is 0 Å². The maximum atomic E-state index is 10.7. The molecule has 0 bridgehead atoms. The fourth-order valence-electron chi connectivity index (χ4n) is 0.588. The molecule has 0 saturated heterocycles. The largest absolute Gasteiger partial charge is 0.469 e. The summed E-state index contributed by atoms with van der Waals surface area (Å²) in [6, 6.07) is 0. The van der Waals surface area contributed by atoms with Crippen LogP contribution in [-0.4, -0.2) is 29.0 Å². The van der Waals surface area contributed by atoms with Crippen molar-refractivity contribution in [3.63, 3.8) is 0 Å². The van der Waals surface area contributed by atoms with Crippen molar-refractivity contribution >= 4 is 13.8 Å². The smallest absolute Gasteiger partial charge is 0.463 e. The van der Waals surface area contributed by atoms with Gasteiger partial charge in [0.05, 0.1) is 6.61 Å². The highest BCUT2D eigenvalue weighted by atomic mass is 31.2. The van der Waals surface area contributed by atoms with Gasteiger partial charge in [-0.15, -0.1) is 0 Å². The molecule has 0 aliphatic rings. The van der Waals surface area contributed by atoms with Gasteiger partial charge < -0.3 is 14.5 Å². The molecular weight excluding hydrogens is 199 g/mol. The molecule has 0 saturated carbocycles. The highest BCUT2D eigenvalue weighted by Crippen LogP contribution is 2.35. The van der Waals surface area contributed by atoms with Gasteiger partial charge in [-0.3, -0.25) is 9.32 Å². The van der Waals surface area contributed by atoms with E-state index >= 15 is 0 Å².